The van der Waals surface area contributed by atoms with Crippen LogP contribution in [0.2, 0.25) is 5.28 Å². The Bertz CT molecular complexity index is 671. The van der Waals surface area contributed by atoms with Gasteiger partial charge in [-0.2, -0.15) is 13.2 Å². The molecule has 1 aromatic heterocycles. The number of alkyl halides is 3. The molecule has 23 heavy (non-hydrogen) atoms. The highest BCUT2D eigenvalue weighted by Gasteiger charge is 2.44. The number of rotatable bonds is 1. The zero-order valence-corrected chi connectivity index (χ0v) is 13.2. The Balaban J connectivity index is 2.28. The fourth-order valence-corrected chi connectivity index (χ4v) is 2.61. The van der Waals surface area contributed by atoms with Crippen LogP contribution in [0.25, 0.3) is 0 Å². The second kappa shape index (κ2) is 6.24. The number of carbonyl (C=O) groups is 1. The van der Waals surface area contributed by atoms with Crippen LogP contribution in [-0.4, -0.2) is 52.6 Å². The van der Waals surface area contributed by atoms with Crippen LogP contribution in [0.15, 0.2) is 0 Å². The van der Waals surface area contributed by atoms with E-state index in [2.05, 4.69) is 15.9 Å². The smallest absolute Gasteiger partial charge is 0.339 e. The van der Waals surface area contributed by atoms with Gasteiger partial charge in [0, 0.05) is 24.3 Å². The van der Waals surface area contributed by atoms with Crippen molar-refractivity contribution in [3.05, 3.63) is 16.5 Å². The van der Waals surface area contributed by atoms with Crippen molar-refractivity contribution in [2.45, 2.75) is 26.1 Å². The third kappa shape index (κ3) is 3.50. The molecule has 1 aromatic rings. The Morgan fingerprint density at radius 1 is 1.35 bits per heavy atom. The Labute approximate surface area is 136 Å². The number of hydrogen-bond donors (Lipinski definition) is 0. The minimum atomic E-state index is -4.91. The molecule has 1 aliphatic rings. The number of amides is 1. The largest absolute Gasteiger partial charge is 0.471 e. The number of aryl methyl sites for hydroxylation is 1. The molecule has 1 aliphatic heterocycles. The van der Waals surface area contributed by atoms with Crippen molar-refractivity contribution in [1.82, 2.24) is 14.9 Å². The molecular formula is C14H14ClF3N4O. The highest BCUT2D eigenvalue weighted by molar-refractivity contribution is 6.28. The summed E-state index contributed by atoms with van der Waals surface area (Å²) < 4.78 is 37.7. The lowest BCUT2D eigenvalue weighted by Gasteiger charge is -2.40. The van der Waals surface area contributed by atoms with E-state index in [9.17, 15) is 18.0 Å². The lowest BCUT2D eigenvalue weighted by Crippen LogP contribution is -2.57. The maximum atomic E-state index is 12.6. The summed E-state index contributed by atoms with van der Waals surface area (Å²) in [6.07, 6.45) is 0.531. The number of halogens is 4. The molecule has 0 radical (unpaired) electrons. The number of terminal acetylenes is 1. The minimum absolute atomic E-state index is 0.0349. The van der Waals surface area contributed by atoms with Crippen LogP contribution in [0.4, 0.5) is 19.0 Å². The molecule has 0 aliphatic carbocycles. The molecule has 0 saturated carbocycles. The van der Waals surface area contributed by atoms with E-state index >= 15 is 0 Å². The summed E-state index contributed by atoms with van der Waals surface area (Å²) in [4.78, 5) is 21.9. The molecule has 1 saturated heterocycles. The summed E-state index contributed by atoms with van der Waals surface area (Å²) in [6.45, 7) is 3.33. The molecule has 1 amide bonds. The number of carbonyl (C=O) groups excluding carboxylic acids is 1. The predicted molar refractivity (Wildman–Crippen MR) is 79.1 cm³/mol. The van der Waals surface area contributed by atoms with Crippen molar-refractivity contribution in [2.24, 2.45) is 0 Å². The SMILES string of the molecule is C#C[C@H]1CN(C(=O)C(F)(F)F)CCN1c1nc(Cl)nc(C)c1C. The van der Waals surface area contributed by atoms with E-state index in [-0.39, 0.29) is 24.9 Å². The fraction of sp³-hybridized carbons (Fsp3) is 0.500. The zero-order chi connectivity index (χ0) is 17.4. The average Bonchev–Trinajstić information content (AvgIpc) is 2.48. The van der Waals surface area contributed by atoms with E-state index in [1.165, 1.54) is 0 Å². The van der Waals surface area contributed by atoms with Crippen LogP contribution in [-0.2, 0) is 4.79 Å². The molecule has 0 N–H and O–H groups in total. The lowest BCUT2D eigenvalue weighted by atomic mass is 10.1. The number of piperazine rings is 1. The zero-order valence-electron chi connectivity index (χ0n) is 12.5. The molecule has 1 atom stereocenters. The summed E-state index contributed by atoms with van der Waals surface area (Å²) in [5.41, 5.74) is 1.40. The van der Waals surface area contributed by atoms with Gasteiger partial charge in [0.15, 0.2) is 0 Å². The second-order valence-corrected chi connectivity index (χ2v) is 5.49. The molecule has 124 valence electrons. The Morgan fingerprint density at radius 2 is 2.00 bits per heavy atom. The molecule has 0 unspecified atom stereocenters. The van der Waals surface area contributed by atoms with Crippen molar-refractivity contribution in [2.75, 3.05) is 24.5 Å². The van der Waals surface area contributed by atoms with Gasteiger partial charge >= 0.3 is 12.1 Å². The highest BCUT2D eigenvalue weighted by Crippen LogP contribution is 2.27. The van der Waals surface area contributed by atoms with E-state index < -0.39 is 18.1 Å². The van der Waals surface area contributed by atoms with Crippen molar-refractivity contribution < 1.29 is 18.0 Å². The van der Waals surface area contributed by atoms with E-state index in [1.54, 1.807) is 18.7 Å². The van der Waals surface area contributed by atoms with Gasteiger partial charge in [0.05, 0.1) is 6.54 Å². The molecule has 1 fully saturated rings. The molecule has 0 bridgehead atoms. The summed E-state index contributed by atoms with van der Waals surface area (Å²) in [5, 5.41) is 0.0349. The molecule has 9 heteroatoms. The monoisotopic (exact) mass is 346 g/mol. The van der Waals surface area contributed by atoms with Crippen LogP contribution in [0, 0.1) is 26.2 Å². The summed E-state index contributed by atoms with van der Waals surface area (Å²) >= 11 is 5.86. The van der Waals surface area contributed by atoms with Gasteiger partial charge in [0.25, 0.3) is 0 Å². The van der Waals surface area contributed by atoms with Gasteiger partial charge in [-0.25, -0.2) is 9.97 Å². The molecular weight excluding hydrogens is 333 g/mol. The predicted octanol–water partition coefficient (Wildman–Crippen LogP) is 1.96. The van der Waals surface area contributed by atoms with Gasteiger partial charge in [0.2, 0.25) is 5.28 Å². The van der Waals surface area contributed by atoms with Crippen molar-refractivity contribution in [1.29, 1.82) is 0 Å². The topological polar surface area (TPSA) is 49.3 Å². The first-order chi connectivity index (χ1) is 10.6. The first-order valence-electron chi connectivity index (χ1n) is 6.74. The van der Waals surface area contributed by atoms with Crippen molar-refractivity contribution in [3.63, 3.8) is 0 Å². The van der Waals surface area contributed by atoms with E-state index in [0.29, 0.717) is 16.4 Å². The Morgan fingerprint density at radius 3 is 2.57 bits per heavy atom. The molecule has 0 aromatic carbocycles. The number of aromatic nitrogens is 2. The van der Waals surface area contributed by atoms with Crippen LogP contribution >= 0.6 is 11.6 Å². The fourth-order valence-electron chi connectivity index (χ4n) is 2.40. The highest BCUT2D eigenvalue weighted by atomic mass is 35.5. The number of nitrogens with zero attached hydrogens (tertiary/aromatic N) is 4. The molecule has 0 spiro atoms. The van der Waals surface area contributed by atoms with Gasteiger partial charge in [-0.15, -0.1) is 6.42 Å². The normalized spacial score (nSPS) is 18.7. The second-order valence-electron chi connectivity index (χ2n) is 5.15. The van der Waals surface area contributed by atoms with E-state index in [4.69, 9.17) is 18.0 Å². The van der Waals surface area contributed by atoms with Crippen LogP contribution in [0.5, 0.6) is 0 Å². The summed E-state index contributed by atoms with van der Waals surface area (Å²) in [7, 11) is 0. The maximum Gasteiger partial charge on any atom is 0.471 e. The maximum absolute atomic E-state index is 12.6. The molecule has 2 rings (SSSR count). The van der Waals surface area contributed by atoms with E-state index in [1.807, 2.05) is 0 Å². The van der Waals surface area contributed by atoms with Crippen molar-refractivity contribution in [3.8, 4) is 12.3 Å². The minimum Gasteiger partial charge on any atom is -0.339 e. The quantitative estimate of drug-likeness (QED) is 0.576. The summed E-state index contributed by atoms with van der Waals surface area (Å²) in [5.74, 6) is 1.01. The Hall–Kier alpha value is -2.01. The third-order valence-corrected chi connectivity index (χ3v) is 3.88. The lowest BCUT2D eigenvalue weighted by molar-refractivity contribution is -0.186. The number of hydrogen-bond acceptors (Lipinski definition) is 4. The van der Waals surface area contributed by atoms with Crippen LogP contribution < -0.4 is 4.90 Å². The van der Waals surface area contributed by atoms with Gasteiger partial charge in [-0.3, -0.25) is 4.79 Å². The van der Waals surface area contributed by atoms with Gasteiger partial charge < -0.3 is 9.80 Å². The molecule has 2 heterocycles. The van der Waals surface area contributed by atoms with E-state index in [0.717, 1.165) is 5.56 Å². The van der Waals surface area contributed by atoms with Crippen LogP contribution in [0.1, 0.15) is 11.3 Å². The van der Waals surface area contributed by atoms with Gasteiger partial charge in [-0.05, 0) is 25.4 Å². The van der Waals surface area contributed by atoms with Crippen LogP contribution in [0.3, 0.4) is 0 Å². The van der Waals surface area contributed by atoms with Crippen molar-refractivity contribution >= 4 is 23.3 Å². The number of anilines is 1. The van der Waals surface area contributed by atoms with Gasteiger partial charge in [0.1, 0.15) is 11.9 Å². The molecule has 5 nitrogen and oxygen atoms in total. The summed E-state index contributed by atoms with van der Waals surface area (Å²) in [6, 6.07) is -0.723. The standard InChI is InChI=1S/C14H14ClF3N4O/c1-4-10-7-21(12(23)14(16,17)18)5-6-22(10)11-8(2)9(3)19-13(15)20-11/h1,10H,5-7H2,2-3H3/t10-/m0/s1. The average molecular weight is 347 g/mol. The first kappa shape index (κ1) is 17.3. The Kier molecular flexibility index (Phi) is 4.71. The third-order valence-electron chi connectivity index (χ3n) is 3.71. The van der Waals surface area contributed by atoms with Gasteiger partial charge in [-0.1, -0.05) is 5.92 Å². The first-order valence-corrected chi connectivity index (χ1v) is 7.12.